The van der Waals surface area contributed by atoms with Gasteiger partial charge in [-0.3, -0.25) is 9.59 Å². The van der Waals surface area contributed by atoms with Crippen LogP contribution in [0.3, 0.4) is 0 Å². The molecular weight excluding hydrogens is 232 g/mol. The lowest BCUT2D eigenvalue weighted by atomic mass is 9.88. The predicted octanol–water partition coefficient (Wildman–Crippen LogP) is 1.75. The molecule has 2 rings (SSSR count). The van der Waals surface area contributed by atoms with Gasteiger partial charge in [0.1, 0.15) is 5.82 Å². The Balaban J connectivity index is 2.29. The summed E-state index contributed by atoms with van der Waals surface area (Å²) in [5.41, 5.74) is 0.509. The summed E-state index contributed by atoms with van der Waals surface area (Å²) in [6.07, 6.45) is 5.44. The Hall–Kier alpha value is -1.65. The molecule has 0 atom stereocenters. The van der Waals surface area contributed by atoms with Crippen LogP contribution in [-0.2, 0) is 11.2 Å². The molecule has 0 amide bonds. The number of carbonyl (C=O) groups is 1. The average molecular weight is 250 g/mol. The largest absolute Gasteiger partial charge is 0.481 e. The minimum Gasteiger partial charge on any atom is -0.481 e. The van der Waals surface area contributed by atoms with Crippen molar-refractivity contribution in [1.82, 2.24) is 9.97 Å². The van der Waals surface area contributed by atoms with Gasteiger partial charge >= 0.3 is 5.97 Å². The minimum absolute atomic E-state index is 0.265. The van der Waals surface area contributed by atoms with Crippen LogP contribution in [0.25, 0.3) is 0 Å². The fourth-order valence-corrected chi connectivity index (χ4v) is 2.56. The van der Waals surface area contributed by atoms with Crippen molar-refractivity contribution in [1.29, 1.82) is 0 Å². The third kappa shape index (κ3) is 2.78. The maximum absolute atomic E-state index is 11.9. The zero-order valence-electron chi connectivity index (χ0n) is 10.5. The first-order chi connectivity index (χ1) is 8.58. The molecule has 2 N–H and O–H groups in total. The van der Waals surface area contributed by atoms with E-state index < -0.39 is 5.97 Å². The van der Waals surface area contributed by atoms with E-state index in [0.29, 0.717) is 11.6 Å². The van der Waals surface area contributed by atoms with Crippen molar-refractivity contribution >= 4 is 5.97 Å². The van der Waals surface area contributed by atoms with Gasteiger partial charge in [0, 0.05) is 17.2 Å². The highest BCUT2D eigenvalue weighted by atomic mass is 16.4. The van der Waals surface area contributed by atoms with Gasteiger partial charge < -0.3 is 10.1 Å². The van der Waals surface area contributed by atoms with Gasteiger partial charge in [-0.2, -0.15) is 0 Å². The molecule has 1 aliphatic rings. The van der Waals surface area contributed by atoms with E-state index in [9.17, 15) is 9.59 Å². The highest BCUT2D eigenvalue weighted by Gasteiger charge is 2.20. The van der Waals surface area contributed by atoms with Gasteiger partial charge in [-0.15, -0.1) is 0 Å². The van der Waals surface area contributed by atoms with E-state index in [0.717, 1.165) is 18.7 Å². The van der Waals surface area contributed by atoms with Crippen molar-refractivity contribution in [3.63, 3.8) is 0 Å². The lowest BCUT2D eigenvalue weighted by molar-refractivity contribution is -0.136. The Morgan fingerprint density at radius 2 is 2.06 bits per heavy atom. The molecule has 0 aliphatic heterocycles. The summed E-state index contributed by atoms with van der Waals surface area (Å²) in [5.74, 6) is 0.0474. The number of hydrogen-bond donors (Lipinski definition) is 2. The molecule has 0 bridgehead atoms. The van der Waals surface area contributed by atoms with Gasteiger partial charge in [0.2, 0.25) is 0 Å². The quantitative estimate of drug-likeness (QED) is 0.856. The summed E-state index contributed by atoms with van der Waals surface area (Å²) in [7, 11) is 0. The molecule has 18 heavy (non-hydrogen) atoms. The summed E-state index contributed by atoms with van der Waals surface area (Å²) in [6, 6.07) is 0. The molecule has 1 aliphatic carbocycles. The Kier molecular flexibility index (Phi) is 3.79. The molecule has 0 saturated heterocycles. The van der Waals surface area contributed by atoms with E-state index >= 15 is 0 Å². The summed E-state index contributed by atoms with van der Waals surface area (Å²) in [6.45, 7) is 1.71. The van der Waals surface area contributed by atoms with Crippen LogP contribution in [0.5, 0.6) is 0 Å². The molecule has 1 fully saturated rings. The van der Waals surface area contributed by atoms with E-state index in [1.54, 1.807) is 6.92 Å². The van der Waals surface area contributed by atoms with Crippen LogP contribution in [0.4, 0.5) is 0 Å². The van der Waals surface area contributed by atoms with Crippen molar-refractivity contribution in [2.24, 2.45) is 0 Å². The number of nitrogens with zero attached hydrogens (tertiary/aromatic N) is 1. The summed E-state index contributed by atoms with van der Waals surface area (Å²) in [4.78, 5) is 29.7. The number of H-pyrrole nitrogens is 1. The highest BCUT2D eigenvalue weighted by Crippen LogP contribution is 2.30. The second-order valence-corrected chi connectivity index (χ2v) is 4.92. The number of aliphatic carboxylic acids is 1. The third-order valence-electron chi connectivity index (χ3n) is 3.56. The monoisotopic (exact) mass is 250 g/mol. The van der Waals surface area contributed by atoms with Crippen LogP contribution in [0, 0.1) is 6.92 Å². The number of rotatable bonds is 3. The zero-order valence-corrected chi connectivity index (χ0v) is 10.5. The molecular formula is C13H18N2O3. The molecule has 98 valence electrons. The first-order valence-electron chi connectivity index (χ1n) is 6.39. The van der Waals surface area contributed by atoms with E-state index in [2.05, 4.69) is 9.97 Å². The maximum Gasteiger partial charge on any atom is 0.308 e. The fraction of sp³-hybridized carbons (Fsp3) is 0.615. The lowest BCUT2D eigenvalue weighted by Gasteiger charge is -2.21. The standard InChI is InChI=1S/C13H18N2O3/c1-8-10(7-11(16)17)13(18)15-12(14-8)9-5-3-2-4-6-9/h9H,2-7H2,1H3,(H,16,17)(H,14,15,18). The number of carboxylic acid groups (broad SMARTS) is 1. The number of aromatic amines is 1. The molecule has 5 heteroatoms. The maximum atomic E-state index is 11.9. The highest BCUT2D eigenvalue weighted by molar-refractivity contribution is 5.70. The number of aromatic nitrogens is 2. The molecule has 1 heterocycles. The van der Waals surface area contributed by atoms with Crippen molar-refractivity contribution in [2.75, 3.05) is 0 Å². The van der Waals surface area contributed by atoms with E-state index in [1.165, 1.54) is 19.3 Å². The van der Waals surface area contributed by atoms with Gasteiger partial charge in [0.25, 0.3) is 5.56 Å². The fourth-order valence-electron chi connectivity index (χ4n) is 2.56. The Morgan fingerprint density at radius 3 is 2.61 bits per heavy atom. The smallest absolute Gasteiger partial charge is 0.308 e. The molecule has 0 aromatic carbocycles. The van der Waals surface area contributed by atoms with E-state index in [4.69, 9.17) is 5.11 Å². The summed E-state index contributed by atoms with van der Waals surface area (Å²) < 4.78 is 0. The molecule has 0 spiro atoms. The molecule has 1 aromatic heterocycles. The molecule has 0 unspecified atom stereocenters. The van der Waals surface area contributed by atoms with Gasteiger partial charge in [0.05, 0.1) is 6.42 Å². The lowest BCUT2D eigenvalue weighted by Crippen LogP contribution is -2.23. The van der Waals surface area contributed by atoms with Crippen molar-refractivity contribution in [3.8, 4) is 0 Å². The number of aryl methyl sites for hydroxylation is 1. The number of carboxylic acids is 1. The second-order valence-electron chi connectivity index (χ2n) is 4.92. The third-order valence-corrected chi connectivity index (χ3v) is 3.56. The van der Waals surface area contributed by atoms with Gasteiger partial charge in [-0.1, -0.05) is 19.3 Å². The molecule has 1 aromatic rings. The van der Waals surface area contributed by atoms with Crippen LogP contribution in [0.15, 0.2) is 4.79 Å². The predicted molar refractivity (Wildman–Crippen MR) is 66.8 cm³/mol. The second kappa shape index (κ2) is 5.33. The van der Waals surface area contributed by atoms with Gasteiger partial charge in [0.15, 0.2) is 0 Å². The molecule has 1 saturated carbocycles. The first kappa shape index (κ1) is 12.8. The van der Waals surface area contributed by atoms with Crippen LogP contribution >= 0.6 is 0 Å². The van der Waals surface area contributed by atoms with Gasteiger partial charge in [-0.05, 0) is 19.8 Å². The van der Waals surface area contributed by atoms with Crippen molar-refractivity contribution in [2.45, 2.75) is 51.4 Å². The Labute approximate surface area is 105 Å². The summed E-state index contributed by atoms with van der Waals surface area (Å²) in [5, 5.41) is 8.75. The SMILES string of the molecule is Cc1nc(C2CCCCC2)[nH]c(=O)c1CC(=O)O. The van der Waals surface area contributed by atoms with E-state index in [-0.39, 0.29) is 17.5 Å². The van der Waals surface area contributed by atoms with Crippen LogP contribution < -0.4 is 5.56 Å². The van der Waals surface area contributed by atoms with Crippen LogP contribution in [0.1, 0.15) is 55.1 Å². The molecule has 0 radical (unpaired) electrons. The van der Waals surface area contributed by atoms with Crippen LogP contribution in [-0.4, -0.2) is 21.0 Å². The van der Waals surface area contributed by atoms with Crippen LogP contribution in [0.2, 0.25) is 0 Å². The number of nitrogens with one attached hydrogen (secondary N) is 1. The normalized spacial score (nSPS) is 16.7. The Bertz CT molecular complexity index is 501. The Morgan fingerprint density at radius 1 is 1.39 bits per heavy atom. The average Bonchev–Trinajstić information content (AvgIpc) is 2.34. The van der Waals surface area contributed by atoms with Crippen molar-refractivity contribution < 1.29 is 9.90 Å². The number of hydrogen-bond acceptors (Lipinski definition) is 3. The topological polar surface area (TPSA) is 83.0 Å². The van der Waals surface area contributed by atoms with E-state index in [1.807, 2.05) is 0 Å². The minimum atomic E-state index is -1.00. The zero-order chi connectivity index (χ0) is 13.1. The molecule has 5 nitrogen and oxygen atoms in total. The van der Waals surface area contributed by atoms with Gasteiger partial charge in [-0.25, -0.2) is 4.98 Å². The summed E-state index contributed by atoms with van der Waals surface area (Å²) >= 11 is 0. The van der Waals surface area contributed by atoms with Crippen molar-refractivity contribution in [3.05, 3.63) is 27.4 Å². The first-order valence-corrected chi connectivity index (χ1v) is 6.39.